The summed E-state index contributed by atoms with van der Waals surface area (Å²) in [5.41, 5.74) is 7.18. The number of benzene rings is 1. The summed E-state index contributed by atoms with van der Waals surface area (Å²) >= 11 is 0. The van der Waals surface area contributed by atoms with Crippen LogP contribution in [0.25, 0.3) is 0 Å². The van der Waals surface area contributed by atoms with Crippen molar-refractivity contribution in [2.45, 2.75) is 38.0 Å². The van der Waals surface area contributed by atoms with Gasteiger partial charge in [-0.2, -0.15) is 0 Å². The fourth-order valence-corrected chi connectivity index (χ4v) is 3.44. The van der Waals surface area contributed by atoms with E-state index in [1.807, 2.05) is 26.0 Å². The van der Waals surface area contributed by atoms with Crippen molar-refractivity contribution in [3.63, 3.8) is 0 Å². The Morgan fingerprint density at radius 1 is 1.16 bits per heavy atom. The Hall–Kier alpha value is -0.910. The zero-order valence-corrected chi connectivity index (χ0v) is 12.8. The van der Waals surface area contributed by atoms with Gasteiger partial charge in [0.05, 0.1) is 4.90 Å². The topological polar surface area (TPSA) is 63.4 Å². The largest absolute Gasteiger partial charge is 0.330 e. The first-order valence-corrected chi connectivity index (χ1v) is 8.07. The Morgan fingerprint density at radius 2 is 1.84 bits per heavy atom. The highest BCUT2D eigenvalue weighted by molar-refractivity contribution is 7.89. The molecule has 5 heteroatoms. The number of aryl methyl sites for hydroxylation is 2. The van der Waals surface area contributed by atoms with Crippen LogP contribution >= 0.6 is 0 Å². The van der Waals surface area contributed by atoms with E-state index in [4.69, 9.17) is 5.73 Å². The second-order valence-corrected chi connectivity index (χ2v) is 6.96. The molecule has 4 nitrogen and oxygen atoms in total. The molecule has 0 radical (unpaired) electrons. The van der Waals surface area contributed by atoms with Gasteiger partial charge in [-0.15, -0.1) is 0 Å². The molecule has 108 valence electrons. The summed E-state index contributed by atoms with van der Waals surface area (Å²) in [4.78, 5) is 0.411. The molecule has 19 heavy (non-hydrogen) atoms. The predicted octanol–water partition coefficient (Wildman–Crippen LogP) is 2.05. The normalized spacial score (nSPS) is 12.1. The van der Waals surface area contributed by atoms with E-state index >= 15 is 0 Å². The third kappa shape index (κ3) is 4.30. The summed E-state index contributed by atoms with van der Waals surface area (Å²) in [6, 6.07) is 5.52. The predicted molar refractivity (Wildman–Crippen MR) is 78.6 cm³/mol. The van der Waals surface area contributed by atoms with E-state index in [2.05, 4.69) is 0 Å². The Bertz CT molecular complexity index is 512. The maximum Gasteiger partial charge on any atom is 0.243 e. The van der Waals surface area contributed by atoms with Crippen LogP contribution in [0.4, 0.5) is 0 Å². The van der Waals surface area contributed by atoms with Crippen LogP contribution in [-0.2, 0) is 10.0 Å². The van der Waals surface area contributed by atoms with Crippen LogP contribution in [0.3, 0.4) is 0 Å². The molecule has 0 aliphatic heterocycles. The Labute approximate surface area is 116 Å². The SMILES string of the molecule is Cc1ccc(C)c(S(=O)(=O)N(C)CCCCCN)c1. The molecule has 0 fully saturated rings. The van der Waals surface area contributed by atoms with Gasteiger partial charge in [0.15, 0.2) is 0 Å². The van der Waals surface area contributed by atoms with Crippen LogP contribution in [0.15, 0.2) is 23.1 Å². The van der Waals surface area contributed by atoms with Crippen LogP contribution in [0.1, 0.15) is 30.4 Å². The van der Waals surface area contributed by atoms with Gasteiger partial charge in [0.1, 0.15) is 0 Å². The minimum absolute atomic E-state index is 0.411. The highest BCUT2D eigenvalue weighted by Crippen LogP contribution is 2.20. The van der Waals surface area contributed by atoms with E-state index in [9.17, 15) is 8.42 Å². The van der Waals surface area contributed by atoms with Crippen molar-refractivity contribution in [1.82, 2.24) is 4.31 Å². The van der Waals surface area contributed by atoms with Gasteiger partial charge in [-0.25, -0.2) is 12.7 Å². The quantitative estimate of drug-likeness (QED) is 0.779. The van der Waals surface area contributed by atoms with E-state index < -0.39 is 10.0 Å². The van der Waals surface area contributed by atoms with E-state index in [-0.39, 0.29) is 0 Å². The monoisotopic (exact) mass is 284 g/mol. The first kappa shape index (κ1) is 16.1. The summed E-state index contributed by atoms with van der Waals surface area (Å²) < 4.78 is 26.4. The summed E-state index contributed by atoms with van der Waals surface area (Å²) in [7, 11) is -1.74. The minimum atomic E-state index is -3.38. The van der Waals surface area contributed by atoms with Crippen molar-refractivity contribution in [2.75, 3.05) is 20.1 Å². The van der Waals surface area contributed by atoms with E-state index in [0.29, 0.717) is 18.0 Å². The molecule has 0 amide bonds. The summed E-state index contributed by atoms with van der Waals surface area (Å²) in [5, 5.41) is 0. The van der Waals surface area contributed by atoms with Crippen LogP contribution in [-0.4, -0.2) is 32.9 Å². The van der Waals surface area contributed by atoms with Gasteiger partial charge in [-0.3, -0.25) is 0 Å². The molecular weight excluding hydrogens is 260 g/mol. The average Bonchev–Trinajstić information content (AvgIpc) is 2.37. The highest BCUT2D eigenvalue weighted by atomic mass is 32.2. The molecule has 0 spiro atoms. The molecule has 0 aliphatic carbocycles. The van der Waals surface area contributed by atoms with Crippen molar-refractivity contribution in [2.24, 2.45) is 5.73 Å². The fraction of sp³-hybridized carbons (Fsp3) is 0.571. The molecule has 1 aromatic carbocycles. The molecule has 1 rings (SSSR count). The average molecular weight is 284 g/mol. The first-order valence-electron chi connectivity index (χ1n) is 6.63. The Kier molecular flexibility index (Phi) is 5.97. The lowest BCUT2D eigenvalue weighted by molar-refractivity contribution is 0.452. The molecule has 0 aliphatic rings. The number of rotatable bonds is 7. The second-order valence-electron chi connectivity index (χ2n) is 4.94. The zero-order valence-electron chi connectivity index (χ0n) is 12.0. The van der Waals surface area contributed by atoms with Crippen molar-refractivity contribution < 1.29 is 8.42 Å². The number of hydrogen-bond donors (Lipinski definition) is 1. The van der Waals surface area contributed by atoms with Crippen molar-refractivity contribution in [1.29, 1.82) is 0 Å². The van der Waals surface area contributed by atoms with Gasteiger partial charge < -0.3 is 5.73 Å². The molecule has 0 aromatic heterocycles. The Balaban J connectivity index is 2.82. The number of hydrogen-bond acceptors (Lipinski definition) is 3. The third-order valence-electron chi connectivity index (χ3n) is 3.21. The van der Waals surface area contributed by atoms with Crippen LogP contribution in [0, 0.1) is 13.8 Å². The third-order valence-corrected chi connectivity index (χ3v) is 5.21. The van der Waals surface area contributed by atoms with E-state index in [1.165, 1.54) is 4.31 Å². The molecule has 0 bridgehead atoms. The van der Waals surface area contributed by atoms with Crippen LogP contribution in [0.5, 0.6) is 0 Å². The van der Waals surface area contributed by atoms with E-state index in [1.54, 1.807) is 13.1 Å². The lowest BCUT2D eigenvalue weighted by Crippen LogP contribution is -2.28. The van der Waals surface area contributed by atoms with Gasteiger partial charge in [-0.05, 0) is 50.4 Å². The van der Waals surface area contributed by atoms with Gasteiger partial charge in [0.2, 0.25) is 10.0 Å². The standard InChI is InChI=1S/C14H24N2O2S/c1-12-7-8-13(2)14(11-12)19(17,18)16(3)10-6-4-5-9-15/h7-8,11H,4-6,9-10,15H2,1-3H3. The summed E-state index contributed by atoms with van der Waals surface area (Å²) in [5.74, 6) is 0. The van der Waals surface area contributed by atoms with Crippen molar-refractivity contribution >= 4 is 10.0 Å². The van der Waals surface area contributed by atoms with Gasteiger partial charge in [-0.1, -0.05) is 18.6 Å². The summed E-state index contributed by atoms with van der Waals surface area (Å²) in [6.07, 6.45) is 2.75. The van der Waals surface area contributed by atoms with Gasteiger partial charge in [0, 0.05) is 13.6 Å². The minimum Gasteiger partial charge on any atom is -0.330 e. The maximum atomic E-state index is 12.5. The number of nitrogens with two attached hydrogens (primary N) is 1. The van der Waals surface area contributed by atoms with Crippen LogP contribution in [0.2, 0.25) is 0 Å². The maximum absolute atomic E-state index is 12.5. The lowest BCUT2D eigenvalue weighted by atomic mass is 10.2. The zero-order chi connectivity index (χ0) is 14.5. The summed E-state index contributed by atoms with van der Waals surface area (Å²) in [6.45, 7) is 4.93. The molecule has 0 atom stereocenters. The van der Waals surface area contributed by atoms with Crippen LogP contribution < -0.4 is 5.73 Å². The number of nitrogens with zero attached hydrogens (tertiary/aromatic N) is 1. The highest BCUT2D eigenvalue weighted by Gasteiger charge is 2.22. The molecule has 0 heterocycles. The molecule has 0 saturated carbocycles. The number of sulfonamides is 1. The molecule has 2 N–H and O–H groups in total. The molecular formula is C14H24N2O2S. The van der Waals surface area contributed by atoms with Crippen molar-refractivity contribution in [3.05, 3.63) is 29.3 Å². The molecule has 1 aromatic rings. The number of unbranched alkanes of at least 4 members (excludes halogenated alkanes) is 2. The van der Waals surface area contributed by atoms with Crippen molar-refractivity contribution in [3.8, 4) is 0 Å². The first-order chi connectivity index (χ1) is 8.89. The van der Waals surface area contributed by atoms with E-state index in [0.717, 1.165) is 30.4 Å². The Morgan fingerprint density at radius 3 is 2.47 bits per heavy atom. The second kappa shape index (κ2) is 7.03. The molecule has 0 saturated heterocycles. The lowest BCUT2D eigenvalue weighted by Gasteiger charge is -2.18. The fourth-order valence-electron chi connectivity index (χ4n) is 1.93. The molecule has 0 unspecified atom stereocenters. The van der Waals surface area contributed by atoms with Gasteiger partial charge >= 0.3 is 0 Å². The van der Waals surface area contributed by atoms with Gasteiger partial charge in [0.25, 0.3) is 0 Å². The smallest absolute Gasteiger partial charge is 0.243 e.